The number of hydrazine groups is 1. The summed E-state index contributed by atoms with van der Waals surface area (Å²) in [5, 5.41) is 3.01. The Morgan fingerprint density at radius 1 is 1.11 bits per heavy atom. The molecule has 0 bridgehead atoms. The molecule has 1 saturated heterocycles. The van der Waals surface area contributed by atoms with Crippen LogP contribution >= 0.6 is 0 Å². The highest BCUT2D eigenvalue weighted by atomic mass is 19.4. The molecule has 4 atom stereocenters. The summed E-state index contributed by atoms with van der Waals surface area (Å²) < 4.78 is 39.2. The van der Waals surface area contributed by atoms with Crippen molar-refractivity contribution in [3.8, 4) is 0 Å². The highest BCUT2D eigenvalue weighted by Gasteiger charge is 2.87. The lowest BCUT2D eigenvalue weighted by atomic mass is 9.17. The van der Waals surface area contributed by atoms with E-state index in [0.29, 0.717) is 17.3 Å². The quantitative estimate of drug-likeness (QED) is 0.772. The van der Waals surface area contributed by atoms with E-state index in [-0.39, 0.29) is 17.5 Å². The molecule has 1 aromatic carbocycles. The first-order chi connectivity index (χ1) is 13.1. The Morgan fingerprint density at radius 2 is 1.75 bits per heavy atom. The van der Waals surface area contributed by atoms with Crippen molar-refractivity contribution in [1.82, 2.24) is 10.0 Å². The second-order valence-corrected chi connectivity index (χ2v) is 9.71. The predicted octanol–water partition coefficient (Wildman–Crippen LogP) is 3.73. The average Bonchev–Trinajstić information content (AvgIpc) is 2.57. The minimum Gasteiger partial charge on any atom is -0.270 e. The first kappa shape index (κ1) is 16.9. The summed E-state index contributed by atoms with van der Waals surface area (Å²) in [5.41, 5.74) is -1.47. The van der Waals surface area contributed by atoms with Gasteiger partial charge in [-0.3, -0.25) is 9.59 Å². The predicted molar refractivity (Wildman–Crippen MR) is 92.6 cm³/mol. The van der Waals surface area contributed by atoms with E-state index in [9.17, 15) is 22.8 Å². The molecule has 4 nitrogen and oxygen atoms in total. The summed E-state index contributed by atoms with van der Waals surface area (Å²) in [7, 11) is 0. The molecule has 1 spiro atoms. The van der Waals surface area contributed by atoms with Gasteiger partial charge in [-0.25, -0.2) is 10.0 Å². The first-order valence-corrected chi connectivity index (χ1v) is 9.95. The van der Waals surface area contributed by atoms with Crippen LogP contribution in [0.25, 0.3) is 0 Å². The third-order valence-corrected chi connectivity index (χ3v) is 8.56. The molecule has 148 valence electrons. The summed E-state index contributed by atoms with van der Waals surface area (Å²) in [6.07, 6.45) is -0.963. The van der Waals surface area contributed by atoms with E-state index in [2.05, 4.69) is 0 Å². The zero-order chi connectivity index (χ0) is 19.8. The van der Waals surface area contributed by atoms with Crippen LogP contribution in [0.1, 0.15) is 49.0 Å². The van der Waals surface area contributed by atoms with E-state index in [1.165, 1.54) is 23.6 Å². The Hall–Kier alpha value is -2.05. The molecule has 1 aliphatic heterocycles. The van der Waals surface area contributed by atoms with Crippen molar-refractivity contribution in [2.45, 2.75) is 50.9 Å². The van der Waals surface area contributed by atoms with Gasteiger partial charge in [0.05, 0.1) is 11.6 Å². The number of carbonyl (C=O) groups excluding carboxylic acids is 2. The number of nitrogens with zero attached hydrogens (tertiary/aromatic N) is 2. The number of rotatable bonds is 2. The van der Waals surface area contributed by atoms with E-state index in [4.69, 9.17) is 0 Å². The molecule has 28 heavy (non-hydrogen) atoms. The van der Waals surface area contributed by atoms with Crippen molar-refractivity contribution >= 4 is 11.8 Å². The van der Waals surface area contributed by atoms with Crippen molar-refractivity contribution < 1.29 is 22.8 Å². The lowest BCUT2D eigenvalue weighted by Crippen LogP contribution is -2.92. The topological polar surface area (TPSA) is 40.6 Å². The van der Waals surface area contributed by atoms with Gasteiger partial charge in [-0.2, -0.15) is 13.2 Å². The molecule has 0 aromatic heterocycles. The maximum atomic E-state index is 13.2. The maximum absolute atomic E-state index is 13.2. The molecule has 0 radical (unpaired) electrons. The number of hydrogen-bond acceptors (Lipinski definition) is 2. The molecule has 6 rings (SSSR count). The Balaban J connectivity index is 1.31. The van der Waals surface area contributed by atoms with Crippen LogP contribution in [-0.2, 0) is 11.0 Å². The minimum absolute atomic E-state index is 0.0314. The van der Waals surface area contributed by atoms with Crippen LogP contribution in [0.2, 0.25) is 0 Å². The lowest BCUT2D eigenvalue weighted by molar-refractivity contribution is -0.421. The van der Waals surface area contributed by atoms with E-state index in [0.717, 1.165) is 36.8 Å². The smallest absolute Gasteiger partial charge is 0.270 e. The molecule has 5 aliphatic rings. The summed E-state index contributed by atoms with van der Waals surface area (Å²) in [4.78, 5) is 26.1. The minimum atomic E-state index is -4.51. The number of benzene rings is 1. The van der Waals surface area contributed by atoms with Gasteiger partial charge in [0.25, 0.3) is 11.8 Å². The molecule has 0 N–H and O–H groups in total. The Morgan fingerprint density at radius 3 is 2.32 bits per heavy atom. The fourth-order valence-electron chi connectivity index (χ4n) is 7.34. The number of alkyl halides is 3. The third kappa shape index (κ3) is 1.56. The normalized spacial score (nSPS) is 41.5. The van der Waals surface area contributed by atoms with Crippen LogP contribution in [0.4, 0.5) is 13.2 Å². The van der Waals surface area contributed by atoms with Crippen LogP contribution in [-0.4, -0.2) is 33.4 Å². The first-order valence-electron chi connectivity index (χ1n) is 9.95. The molecule has 1 heterocycles. The third-order valence-electron chi connectivity index (χ3n) is 8.56. The molecule has 2 amide bonds. The Bertz CT molecular complexity index is 918. The van der Waals surface area contributed by atoms with E-state index < -0.39 is 23.2 Å². The highest BCUT2D eigenvalue weighted by molar-refractivity contribution is 6.04. The van der Waals surface area contributed by atoms with Crippen molar-refractivity contribution in [1.29, 1.82) is 0 Å². The zero-order valence-corrected chi connectivity index (χ0v) is 15.7. The van der Waals surface area contributed by atoms with Gasteiger partial charge in [0.2, 0.25) is 0 Å². The average molecular weight is 390 g/mol. The number of hydrogen-bond donors (Lipinski definition) is 0. The van der Waals surface area contributed by atoms with Crippen LogP contribution in [0.3, 0.4) is 0 Å². The van der Waals surface area contributed by atoms with Gasteiger partial charge in [-0.1, -0.05) is 6.07 Å². The monoisotopic (exact) mass is 390 g/mol. The number of halogens is 3. The molecular formula is C21H21F3N2O2. The van der Waals surface area contributed by atoms with Gasteiger partial charge in [0.15, 0.2) is 0 Å². The molecule has 1 aromatic rings. The lowest BCUT2D eigenvalue weighted by Gasteiger charge is -2.90. The molecule has 4 unspecified atom stereocenters. The molecule has 5 fully saturated rings. The second-order valence-electron chi connectivity index (χ2n) is 9.71. The maximum Gasteiger partial charge on any atom is 0.416 e. The fraction of sp³-hybridized carbons (Fsp3) is 0.619. The van der Waals surface area contributed by atoms with Crippen molar-refractivity contribution in [2.24, 2.45) is 29.1 Å². The molecule has 4 saturated carbocycles. The second kappa shape index (κ2) is 4.57. The molecule has 4 aliphatic carbocycles. The van der Waals surface area contributed by atoms with E-state index in [1.54, 1.807) is 18.9 Å². The van der Waals surface area contributed by atoms with Gasteiger partial charge >= 0.3 is 6.18 Å². The summed E-state index contributed by atoms with van der Waals surface area (Å²) in [6.45, 7) is 3.34. The standard InChI is InChI=1S/C21H21F3N2O2/c1-19(2)18(28)25(16-14-8-12-7-13-9-15(16)20(12,13)14)26(19)17(27)10-4-3-5-11(6-10)21(22,23)24/h3-6,12-16H,7-9H2,1-2H3. The Kier molecular flexibility index (Phi) is 2.75. The van der Waals surface area contributed by atoms with Gasteiger partial charge < -0.3 is 0 Å². The van der Waals surface area contributed by atoms with E-state index >= 15 is 0 Å². The van der Waals surface area contributed by atoms with Crippen LogP contribution < -0.4 is 0 Å². The van der Waals surface area contributed by atoms with Gasteiger partial charge in [-0.05, 0) is 80.4 Å². The fourth-order valence-corrected chi connectivity index (χ4v) is 7.34. The summed E-state index contributed by atoms with van der Waals surface area (Å²) in [6, 6.07) is 4.52. The summed E-state index contributed by atoms with van der Waals surface area (Å²) >= 11 is 0. The van der Waals surface area contributed by atoms with Gasteiger partial charge in [0, 0.05) is 5.56 Å². The highest BCUT2D eigenvalue weighted by Crippen LogP contribution is 2.88. The zero-order valence-electron chi connectivity index (χ0n) is 15.7. The van der Waals surface area contributed by atoms with Crippen LogP contribution in [0.15, 0.2) is 24.3 Å². The summed E-state index contributed by atoms with van der Waals surface area (Å²) in [5.74, 6) is 1.90. The van der Waals surface area contributed by atoms with Crippen molar-refractivity contribution in [2.75, 3.05) is 0 Å². The van der Waals surface area contributed by atoms with Crippen molar-refractivity contribution in [3.05, 3.63) is 35.4 Å². The SMILES string of the molecule is CC1(C)C(=O)N(C2C3CC4CC5CC2C453)N1C(=O)c1cccc(C(F)(F)F)c1. The number of carbonyl (C=O) groups is 2. The van der Waals surface area contributed by atoms with Gasteiger partial charge in [0.1, 0.15) is 5.54 Å². The van der Waals surface area contributed by atoms with E-state index in [1.807, 2.05) is 0 Å². The van der Waals surface area contributed by atoms with Gasteiger partial charge in [-0.15, -0.1) is 0 Å². The molecular weight excluding hydrogens is 369 g/mol. The van der Waals surface area contributed by atoms with Crippen LogP contribution in [0.5, 0.6) is 0 Å². The molecule has 7 heteroatoms. The number of amides is 2. The van der Waals surface area contributed by atoms with Crippen LogP contribution in [0, 0.1) is 29.1 Å². The largest absolute Gasteiger partial charge is 0.416 e. The Labute approximate surface area is 160 Å². The van der Waals surface area contributed by atoms with Crippen molar-refractivity contribution in [3.63, 3.8) is 0 Å².